The molecule has 0 spiro atoms. The standard InChI is InChI=1S/C14H21N7O/c1-8(2)12-7-11(17-20(12)4)14(22)15-9(3)13-16-18-19-21(13)10-5-6-10/h7-10H,5-6H2,1-4H3,(H,15,22). The summed E-state index contributed by atoms with van der Waals surface area (Å²) in [6.45, 7) is 6.03. The summed E-state index contributed by atoms with van der Waals surface area (Å²) in [5, 5.41) is 19.0. The van der Waals surface area contributed by atoms with Crippen LogP contribution in [-0.4, -0.2) is 35.9 Å². The van der Waals surface area contributed by atoms with Gasteiger partial charge in [0.25, 0.3) is 5.91 Å². The highest BCUT2D eigenvalue weighted by molar-refractivity contribution is 5.92. The van der Waals surface area contributed by atoms with Gasteiger partial charge in [-0.05, 0) is 42.2 Å². The van der Waals surface area contributed by atoms with Gasteiger partial charge in [0, 0.05) is 12.7 Å². The second-order valence-electron chi connectivity index (χ2n) is 6.14. The molecule has 2 aromatic heterocycles. The molecule has 0 saturated heterocycles. The predicted octanol–water partition coefficient (Wildman–Crippen LogP) is 1.36. The van der Waals surface area contributed by atoms with E-state index >= 15 is 0 Å². The number of amides is 1. The lowest BCUT2D eigenvalue weighted by Crippen LogP contribution is -2.29. The van der Waals surface area contributed by atoms with E-state index in [1.807, 2.05) is 24.7 Å². The van der Waals surface area contributed by atoms with Crippen LogP contribution in [0.5, 0.6) is 0 Å². The van der Waals surface area contributed by atoms with Gasteiger partial charge in [-0.1, -0.05) is 13.8 Å². The molecule has 0 aliphatic heterocycles. The number of hydrogen-bond donors (Lipinski definition) is 1. The average molecular weight is 303 g/mol. The number of rotatable bonds is 5. The molecule has 2 heterocycles. The molecule has 8 heteroatoms. The third-order valence-corrected chi connectivity index (χ3v) is 3.89. The maximum Gasteiger partial charge on any atom is 0.272 e. The Labute approximate surface area is 128 Å². The van der Waals surface area contributed by atoms with Gasteiger partial charge in [-0.3, -0.25) is 9.48 Å². The van der Waals surface area contributed by atoms with Crippen LogP contribution in [0.1, 0.15) is 73.6 Å². The smallest absolute Gasteiger partial charge is 0.272 e. The Morgan fingerprint density at radius 3 is 2.68 bits per heavy atom. The van der Waals surface area contributed by atoms with Gasteiger partial charge in [0.05, 0.1) is 12.1 Å². The lowest BCUT2D eigenvalue weighted by molar-refractivity contribution is 0.0931. The quantitative estimate of drug-likeness (QED) is 0.900. The number of nitrogens with one attached hydrogen (secondary N) is 1. The molecule has 0 bridgehead atoms. The van der Waals surface area contributed by atoms with Gasteiger partial charge in [0.2, 0.25) is 0 Å². The Kier molecular flexibility index (Phi) is 3.67. The summed E-state index contributed by atoms with van der Waals surface area (Å²) in [6.07, 6.45) is 2.19. The van der Waals surface area contributed by atoms with E-state index in [0.717, 1.165) is 18.5 Å². The Bertz CT molecular complexity index is 683. The molecule has 1 saturated carbocycles. The van der Waals surface area contributed by atoms with Crippen LogP contribution in [0, 0.1) is 0 Å². The van der Waals surface area contributed by atoms with Crippen LogP contribution in [0.25, 0.3) is 0 Å². The van der Waals surface area contributed by atoms with Crippen molar-refractivity contribution < 1.29 is 4.79 Å². The van der Waals surface area contributed by atoms with Crippen LogP contribution in [-0.2, 0) is 7.05 Å². The zero-order valence-corrected chi connectivity index (χ0v) is 13.3. The molecule has 8 nitrogen and oxygen atoms in total. The zero-order chi connectivity index (χ0) is 15.9. The zero-order valence-electron chi connectivity index (χ0n) is 13.3. The van der Waals surface area contributed by atoms with Gasteiger partial charge in [-0.15, -0.1) is 5.10 Å². The molecule has 3 rings (SSSR count). The van der Waals surface area contributed by atoms with Crippen molar-refractivity contribution in [1.29, 1.82) is 0 Å². The van der Waals surface area contributed by atoms with Gasteiger partial charge in [-0.2, -0.15) is 5.10 Å². The Balaban J connectivity index is 1.73. The second-order valence-corrected chi connectivity index (χ2v) is 6.14. The fraction of sp³-hybridized carbons (Fsp3) is 0.643. The van der Waals surface area contributed by atoms with Gasteiger partial charge >= 0.3 is 0 Å². The fourth-order valence-corrected chi connectivity index (χ4v) is 2.53. The SMILES string of the molecule is CC(C)c1cc(C(=O)NC(C)c2nnnn2C2CC2)nn1C. The highest BCUT2D eigenvalue weighted by Crippen LogP contribution is 2.35. The number of carbonyl (C=O) groups is 1. The summed E-state index contributed by atoms with van der Waals surface area (Å²) in [5.41, 5.74) is 1.45. The number of nitrogens with zero attached hydrogens (tertiary/aromatic N) is 6. The van der Waals surface area contributed by atoms with Crippen molar-refractivity contribution in [3.8, 4) is 0 Å². The Morgan fingerprint density at radius 2 is 2.09 bits per heavy atom. The van der Waals surface area contributed by atoms with Gasteiger partial charge in [0.1, 0.15) is 5.69 Å². The minimum atomic E-state index is -0.257. The molecule has 0 radical (unpaired) electrons. The largest absolute Gasteiger partial charge is 0.341 e. The topological polar surface area (TPSA) is 90.5 Å². The van der Waals surface area contributed by atoms with Crippen LogP contribution in [0.15, 0.2) is 6.07 Å². The maximum absolute atomic E-state index is 12.4. The van der Waals surface area contributed by atoms with E-state index in [0.29, 0.717) is 23.5 Å². The van der Waals surface area contributed by atoms with Crippen molar-refractivity contribution in [1.82, 2.24) is 35.3 Å². The highest BCUT2D eigenvalue weighted by atomic mass is 16.2. The molecular formula is C14H21N7O. The van der Waals surface area contributed by atoms with Gasteiger partial charge in [0.15, 0.2) is 5.82 Å². The van der Waals surface area contributed by atoms with Gasteiger partial charge < -0.3 is 5.32 Å². The van der Waals surface area contributed by atoms with Crippen molar-refractivity contribution in [3.05, 3.63) is 23.3 Å². The highest BCUT2D eigenvalue weighted by Gasteiger charge is 2.30. The summed E-state index contributed by atoms with van der Waals surface area (Å²) in [7, 11) is 1.85. The summed E-state index contributed by atoms with van der Waals surface area (Å²) in [6, 6.07) is 1.95. The molecule has 1 N–H and O–H groups in total. The van der Waals surface area contributed by atoms with Gasteiger partial charge in [-0.25, -0.2) is 4.68 Å². The molecule has 1 aliphatic rings. The molecule has 0 aromatic carbocycles. The first-order chi connectivity index (χ1) is 10.5. The molecule has 2 aromatic rings. The molecule has 1 aliphatic carbocycles. The lowest BCUT2D eigenvalue weighted by atomic mass is 10.1. The van der Waals surface area contributed by atoms with Crippen molar-refractivity contribution >= 4 is 5.91 Å². The summed E-state index contributed by atoms with van der Waals surface area (Å²) in [4.78, 5) is 12.4. The lowest BCUT2D eigenvalue weighted by Gasteiger charge is -2.12. The monoisotopic (exact) mass is 303 g/mol. The van der Waals surface area contributed by atoms with Crippen LogP contribution in [0.3, 0.4) is 0 Å². The summed E-state index contributed by atoms with van der Waals surface area (Å²) >= 11 is 0. The Hall–Kier alpha value is -2.25. The van der Waals surface area contributed by atoms with Crippen molar-refractivity contribution in [3.63, 3.8) is 0 Å². The van der Waals surface area contributed by atoms with E-state index in [1.165, 1.54) is 0 Å². The third-order valence-electron chi connectivity index (χ3n) is 3.89. The van der Waals surface area contributed by atoms with Crippen LogP contribution in [0.4, 0.5) is 0 Å². The number of aromatic nitrogens is 6. The fourth-order valence-electron chi connectivity index (χ4n) is 2.53. The number of carbonyl (C=O) groups excluding carboxylic acids is 1. The normalized spacial score (nSPS) is 16.0. The Morgan fingerprint density at radius 1 is 1.36 bits per heavy atom. The molecule has 1 unspecified atom stereocenters. The number of tetrazole rings is 1. The number of aryl methyl sites for hydroxylation is 1. The molecular weight excluding hydrogens is 282 g/mol. The molecule has 22 heavy (non-hydrogen) atoms. The van der Waals surface area contributed by atoms with E-state index in [1.54, 1.807) is 4.68 Å². The second kappa shape index (κ2) is 5.51. The first kappa shape index (κ1) is 14.7. The molecule has 1 atom stereocenters. The molecule has 118 valence electrons. The van der Waals surface area contributed by atoms with E-state index in [-0.39, 0.29) is 11.9 Å². The van der Waals surface area contributed by atoms with E-state index in [2.05, 4.69) is 39.8 Å². The van der Waals surface area contributed by atoms with Crippen molar-refractivity contribution in [2.75, 3.05) is 0 Å². The molecule has 1 amide bonds. The molecule has 1 fully saturated rings. The minimum absolute atomic E-state index is 0.208. The van der Waals surface area contributed by atoms with E-state index < -0.39 is 0 Å². The van der Waals surface area contributed by atoms with Crippen LogP contribution >= 0.6 is 0 Å². The van der Waals surface area contributed by atoms with E-state index in [9.17, 15) is 4.79 Å². The first-order valence-electron chi connectivity index (χ1n) is 7.60. The predicted molar refractivity (Wildman–Crippen MR) is 79.3 cm³/mol. The van der Waals surface area contributed by atoms with Crippen molar-refractivity contribution in [2.45, 2.75) is 51.6 Å². The van der Waals surface area contributed by atoms with Crippen LogP contribution < -0.4 is 5.32 Å². The van der Waals surface area contributed by atoms with Crippen molar-refractivity contribution in [2.24, 2.45) is 7.05 Å². The third kappa shape index (κ3) is 2.72. The van der Waals surface area contributed by atoms with E-state index in [4.69, 9.17) is 0 Å². The summed E-state index contributed by atoms with van der Waals surface area (Å²) in [5.74, 6) is 0.801. The first-order valence-corrected chi connectivity index (χ1v) is 7.60. The minimum Gasteiger partial charge on any atom is -0.341 e. The van der Waals surface area contributed by atoms with Crippen LogP contribution in [0.2, 0.25) is 0 Å². The summed E-state index contributed by atoms with van der Waals surface area (Å²) < 4.78 is 3.56. The number of hydrogen-bond acceptors (Lipinski definition) is 5. The maximum atomic E-state index is 12.4. The average Bonchev–Trinajstić information content (AvgIpc) is 3.04.